The van der Waals surface area contributed by atoms with E-state index >= 15 is 0 Å². The van der Waals surface area contributed by atoms with E-state index in [-0.39, 0.29) is 10.2 Å². The Kier molecular flexibility index (Phi) is 6.14. The van der Waals surface area contributed by atoms with E-state index in [0.717, 1.165) is 21.8 Å². The highest BCUT2D eigenvalue weighted by atomic mass is 79.9. The maximum atomic E-state index is 12.5. The van der Waals surface area contributed by atoms with Gasteiger partial charge in [-0.2, -0.15) is 0 Å². The van der Waals surface area contributed by atoms with Crippen molar-refractivity contribution in [2.24, 2.45) is 0 Å². The van der Waals surface area contributed by atoms with Crippen LogP contribution in [0.2, 0.25) is 0 Å². The van der Waals surface area contributed by atoms with Crippen LogP contribution in [0.4, 0.5) is 0 Å². The van der Waals surface area contributed by atoms with E-state index in [2.05, 4.69) is 21.2 Å². The molecule has 1 unspecified atom stereocenters. The summed E-state index contributed by atoms with van der Waals surface area (Å²) in [5.41, 5.74) is 0.835. The van der Waals surface area contributed by atoms with Crippen molar-refractivity contribution in [1.82, 2.24) is 10.2 Å². The number of halogens is 1. The number of carbonyl (C=O) groups is 3. The minimum Gasteiger partial charge on any atom is -0.480 e. The summed E-state index contributed by atoms with van der Waals surface area (Å²) in [6, 6.07) is 6.52. The second-order valence-corrected chi connectivity index (χ2v) is 7.48. The molecule has 0 aliphatic carbocycles. The van der Waals surface area contributed by atoms with E-state index in [0.29, 0.717) is 4.91 Å². The molecular weight excluding hydrogens is 416 g/mol. The van der Waals surface area contributed by atoms with Gasteiger partial charge in [-0.25, -0.2) is 0 Å². The summed E-state index contributed by atoms with van der Waals surface area (Å²) in [6.45, 7) is 0.997. The molecule has 1 heterocycles. The highest BCUT2D eigenvalue weighted by Gasteiger charge is 2.38. The molecule has 1 aliphatic rings. The van der Waals surface area contributed by atoms with Gasteiger partial charge in [0.15, 0.2) is 0 Å². The van der Waals surface area contributed by atoms with Gasteiger partial charge in [0.05, 0.1) is 4.91 Å². The number of carboxylic acids is 1. The van der Waals surface area contributed by atoms with Crippen molar-refractivity contribution in [3.63, 3.8) is 0 Å². The molecule has 0 spiro atoms. The van der Waals surface area contributed by atoms with E-state index in [1.165, 1.54) is 11.8 Å². The van der Waals surface area contributed by atoms with Crippen molar-refractivity contribution in [2.45, 2.75) is 13.0 Å². The van der Waals surface area contributed by atoms with Gasteiger partial charge in [0.2, 0.25) is 5.91 Å². The predicted octanol–water partition coefficient (Wildman–Crippen LogP) is 2.24. The number of carbonyl (C=O) groups excluding carboxylic acids is 2. The van der Waals surface area contributed by atoms with Gasteiger partial charge in [-0.1, -0.05) is 52.0 Å². The average molecular weight is 429 g/mol. The van der Waals surface area contributed by atoms with Crippen molar-refractivity contribution in [2.75, 3.05) is 6.54 Å². The zero-order chi connectivity index (χ0) is 17.9. The second kappa shape index (κ2) is 7.91. The molecule has 9 heteroatoms. The van der Waals surface area contributed by atoms with E-state index in [1.54, 1.807) is 6.08 Å². The number of nitrogens with one attached hydrogen (secondary N) is 1. The molecular formula is C15H13BrN2O4S2. The maximum absolute atomic E-state index is 12.5. The van der Waals surface area contributed by atoms with Crippen LogP contribution in [0.5, 0.6) is 0 Å². The van der Waals surface area contributed by atoms with Crippen LogP contribution in [0.25, 0.3) is 6.08 Å². The lowest BCUT2D eigenvalue weighted by Gasteiger charge is -2.21. The average Bonchev–Trinajstić information content (AvgIpc) is 2.80. The third kappa shape index (κ3) is 4.43. The third-order valence-electron chi connectivity index (χ3n) is 3.17. The lowest BCUT2D eigenvalue weighted by Crippen LogP contribution is -2.48. The van der Waals surface area contributed by atoms with Crippen molar-refractivity contribution in [1.29, 1.82) is 0 Å². The van der Waals surface area contributed by atoms with Gasteiger partial charge >= 0.3 is 5.97 Å². The van der Waals surface area contributed by atoms with Crippen LogP contribution < -0.4 is 5.32 Å². The SMILES string of the molecule is CC(C(=O)NCC(=O)O)N1C(=O)/C(=C/c2ccc(Br)cc2)SC1=S. The molecule has 0 saturated carbocycles. The van der Waals surface area contributed by atoms with Crippen LogP contribution in [-0.2, 0) is 14.4 Å². The van der Waals surface area contributed by atoms with Crippen LogP contribution in [0.1, 0.15) is 12.5 Å². The van der Waals surface area contributed by atoms with E-state index in [9.17, 15) is 14.4 Å². The standard InChI is InChI=1S/C15H13BrN2O4S2/c1-8(13(21)17-7-12(19)20)18-14(22)11(24-15(18)23)6-9-2-4-10(16)5-3-9/h2-6,8H,7H2,1H3,(H,17,21)(H,19,20)/b11-6-. The molecule has 1 aliphatic heterocycles. The molecule has 1 aromatic carbocycles. The lowest BCUT2D eigenvalue weighted by molar-refractivity contribution is -0.139. The number of amides is 2. The molecule has 1 atom stereocenters. The lowest BCUT2D eigenvalue weighted by atomic mass is 10.2. The summed E-state index contributed by atoms with van der Waals surface area (Å²) < 4.78 is 1.19. The first-order valence-corrected chi connectivity index (χ1v) is 8.83. The number of hydrogen-bond donors (Lipinski definition) is 2. The number of aliphatic carboxylic acids is 1. The number of thioether (sulfide) groups is 1. The topological polar surface area (TPSA) is 86.7 Å². The molecule has 2 N–H and O–H groups in total. The van der Waals surface area contributed by atoms with E-state index < -0.39 is 24.5 Å². The fraction of sp³-hybridized carbons (Fsp3) is 0.200. The van der Waals surface area contributed by atoms with Gasteiger partial charge in [0, 0.05) is 4.47 Å². The van der Waals surface area contributed by atoms with Gasteiger partial charge in [-0.05, 0) is 30.7 Å². The van der Waals surface area contributed by atoms with Crippen LogP contribution in [0.3, 0.4) is 0 Å². The molecule has 0 aromatic heterocycles. The first-order chi connectivity index (χ1) is 11.3. The Balaban J connectivity index is 2.14. The van der Waals surface area contributed by atoms with Crippen molar-refractivity contribution < 1.29 is 19.5 Å². The van der Waals surface area contributed by atoms with Crippen LogP contribution in [0, 0.1) is 0 Å². The van der Waals surface area contributed by atoms with E-state index in [1.807, 2.05) is 24.3 Å². The smallest absolute Gasteiger partial charge is 0.322 e. The summed E-state index contributed by atoms with van der Waals surface area (Å²) in [4.78, 5) is 36.6. The first-order valence-electron chi connectivity index (χ1n) is 6.81. The Morgan fingerprint density at radius 1 is 1.42 bits per heavy atom. The quantitative estimate of drug-likeness (QED) is 0.552. The largest absolute Gasteiger partial charge is 0.480 e. The summed E-state index contributed by atoms with van der Waals surface area (Å²) in [7, 11) is 0. The number of benzene rings is 1. The number of thiocarbonyl (C=S) groups is 1. The molecule has 2 rings (SSSR count). The zero-order valence-electron chi connectivity index (χ0n) is 12.5. The second-order valence-electron chi connectivity index (χ2n) is 4.89. The Morgan fingerprint density at radius 3 is 2.62 bits per heavy atom. The maximum Gasteiger partial charge on any atom is 0.322 e. The fourth-order valence-corrected chi connectivity index (χ4v) is 3.63. The minimum atomic E-state index is -1.16. The molecule has 0 radical (unpaired) electrons. The third-order valence-corrected chi connectivity index (χ3v) is 5.03. The minimum absolute atomic E-state index is 0.265. The first kappa shape index (κ1) is 18.6. The normalized spacial score (nSPS) is 17.2. The van der Waals surface area contributed by atoms with Crippen molar-refractivity contribution in [3.8, 4) is 0 Å². The molecule has 2 amide bonds. The summed E-state index contributed by atoms with van der Waals surface area (Å²) in [5, 5.41) is 10.8. The number of rotatable bonds is 5. The highest BCUT2D eigenvalue weighted by molar-refractivity contribution is 9.10. The molecule has 126 valence electrons. The van der Waals surface area contributed by atoms with Crippen molar-refractivity contribution in [3.05, 3.63) is 39.2 Å². The molecule has 1 aromatic rings. The highest BCUT2D eigenvalue weighted by Crippen LogP contribution is 2.34. The zero-order valence-corrected chi connectivity index (χ0v) is 15.7. The van der Waals surface area contributed by atoms with Gasteiger partial charge < -0.3 is 10.4 Å². The summed E-state index contributed by atoms with van der Waals surface area (Å²) in [6.07, 6.45) is 1.70. The Bertz CT molecular complexity index is 733. The van der Waals surface area contributed by atoms with Gasteiger partial charge in [0.1, 0.15) is 16.9 Å². The van der Waals surface area contributed by atoms with Crippen LogP contribution in [-0.4, -0.2) is 44.7 Å². The number of carboxylic acid groups (broad SMARTS) is 1. The summed E-state index contributed by atoms with van der Waals surface area (Å²) in [5.74, 6) is -2.10. The van der Waals surface area contributed by atoms with Gasteiger partial charge in [-0.3, -0.25) is 19.3 Å². The molecule has 0 bridgehead atoms. The fourth-order valence-electron chi connectivity index (χ4n) is 1.95. The Morgan fingerprint density at radius 2 is 2.04 bits per heavy atom. The molecule has 1 fully saturated rings. The van der Waals surface area contributed by atoms with Crippen LogP contribution >= 0.6 is 39.9 Å². The Labute approximate surface area is 156 Å². The monoisotopic (exact) mass is 428 g/mol. The molecule has 6 nitrogen and oxygen atoms in total. The van der Waals surface area contributed by atoms with Crippen LogP contribution in [0.15, 0.2) is 33.6 Å². The van der Waals surface area contributed by atoms with Crippen molar-refractivity contribution >= 4 is 68.1 Å². The van der Waals surface area contributed by atoms with Gasteiger partial charge in [-0.15, -0.1) is 0 Å². The molecule has 24 heavy (non-hydrogen) atoms. The molecule has 1 saturated heterocycles. The number of nitrogens with zero attached hydrogens (tertiary/aromatic N) is 1. The Hall–Kier alpha value is -1.71. The van der Waals surface area contributed by atoms with E-state index in [4.69, 9.17) is 17.3 Å². The number of hydrogen-bond acceptors (Lipinski definition) is 5. The predicted molar refractivity (Wildman–Crippen MR) is 99.3 cm³/mol. The summed E-state index contributed by atoms with van der Waals surface area (Å²) >= 11 is 9.64. The van der Waals surface area contributed by atoms with Gasteiger partial charge in [0.25, 0.3) is 5.91 Å².